The Morgan fingerprint density at radius 1 is 1.07 bits per heavy atom. The number of rotatable bonds is 10. The number of methoxy groups -OCH3 is 1. The summed E-state index contributed by atoms with van der Waals surface area (Å²) >= 11 is 0. The van der Waals surface area contributed by atoms with Gasteiger partial charge in [-0.2, -0.15) is 8.42 Å². The Bertz CT molecular complexity index is 898. The molecule has 158 valence electrons. The molecule has 0 unspecified atom stereocenters. The zero-order valence-electron chi connectivity index (χ0n) is 16.8. The fourth-order valence-electron chi connectivity index (χ4n) is 2.69. The molecule has 0 aliphatic heterocycles. The van der Waals surface area contributed by atoms with E-state index >= 15 is 0 Å². The Kier molecular flexibility index (Phi) is 8.31. The summed E-state index contributed by atoms with van der Waals surface area (Å²) in [6.45, 7) is 2.80. The van der Waals surface area contributed by atoms with Crippen molar-refractivity contribution in [2.45, 2.75) is 30.8 Å². The van der Waals surface area contributed by atoms with Crippen molar-refractivity contribution in [2.75, 3.05) is 27.2 Å². The molecule has 0 bridgehead atoms. The van der Waals surface area contributed by atoms with E-state index in [9.17, 15) is 17.6 Å². The first-order valence-corrected chi connectivity index (χ1v) is 10.6. The number of halogens is 1. The van der Waals surface area contributed by atoms with Crippen LogP contribution >= 0.6 is 0 Å². The van der Waals surface area contributed by atoms with Crippen LogP contribution in [0.4, 0.5) is 4.39 Å². The van der Waals surface area contributed by atoms with E-state index in [2.05, 4.69) is 4.74 Å². The normalized spacial score (nSPS) is 12.7. The molecular weight excluding hydrogens is 397 g/mol. The molecule has 0 spiro atoms. The molecule has 8 heteroatoms. The van der Waals surface area contributed by atoms with Crippen molar-refractivity contribution in [3.05, 3.63) is 65.5 Å². The monoisotopic (exact) mass is 423 g/mol. The summed E-state index contributed by atoms with van der Waals surface area (Å²) in [7, 11) is -0.850. The first kappa shape index (κ1) is 23.0. The highest BCUT2D eigenvalue weighted by Gasteiger charge is 2.24. The molecule has 0 amide bonds. The third-order valence-corrected chi connectivity index (χ3v) is 5.83. The van der Waals surface area contributed by atoms with Crippen molar-refractivity contribution in [1.29, 1.82) is 0 Å². The highest BCUT2D eigenvalue weighted by molar-refractivity contribution is 7.86. The maximum absolute atomic E-state index is 13.3. The molecule has 0 aliphatic rings. The van der Waals surface area contributed by atoms with Gasteiger partial charge in [0.05, 0.1) is 18.4 Å². The fraction of sp³-hybridized carbons (Fsp3) is 0.381. The van der Waals surface area contributed by atoms with E-state index < -0.39 is 22.0 Å². The van der Waals surface area contributed by atoms with Crippen LogP contribution in [-0.2, 0) is 23.8 Å². The van der Waals surface area contributed by atoms with Crippen LogP contribution in [-0.4, -0.2) is 46.5 Å². The Balaban J connectivity index is 2.14. The second-order valence-corrected chi connectivity index (χ2v) is 8.39. The van der Waals surface area contributed by atoms with Crippen LogP contribution in [0.2, 0.25) is 0 Å². The van der Waals surface area contributed by atoms with Crippen molar-refractivity contribution in [1.82, 2.24) is 4.90 Å². The number of hydrogen-bond acceptors (Lipinski definition) is 6. The van der Waals surface area contributed by atoms with Crippen LogP contribution in [0.5, 0.6) is 0 Å². The number of hydrogen-bond donors (Lipinski definition) is 0. The van der Waals surface area contributed by atoms with Crippen LogP contribution in [0.3, 0.4) is 0 Å². The lowest BCUT2D eigenvalue weighted by Gasteiger charge is -2.22. The van der Waals surface area contributed by atoms with E-state index in [0.717, 1.165) is 5.56 Å². The highest BCUT2D eigenvalue weighted by atomic mass is 32.2. The smallest absolute Gasteiger partial charge is 0.306 e. The van der Waals surface area contributed by atoms with E-state index in [-0.39, 0.29) is 17.3 Å². The fourth-order valence-corrected chi connectivity index (χ4v) is 3.79. The van der Waals surface area contributed by atoms with Gasteiger partial charge in [0.1, 0.15) is 11.9 Å². The van der Waals surface area contributed by atoms with E-state index in [1.807, 2.05) is 18.9 Å². The van der Waals surface area contributed by atoms with Gasteiger partial charge in [-0.3, -0.25) is 8.98 Å². The summed E-state index contributed by atoms with van der Waals surface area (Å²) in [5, 5.41) is 0. The zero-order chi connectivity index (χ0) is 21.4. The molecule has 2 rings (SSSR count). The van der Waals surface area contributed by atoms with Crippen molar-refractivity contribution in [3.8, 4) is 0 Å². The minimum absolute atomic E-state index is 0.0641. The van der Waals surface area contributed by atoms with Gasteiger partial charge in [-0.1, -0.05) is 29.8 Å². The minimum Gasteiger partial charge on any atom is -0.469 e. The quantitative estimate of drug-likeness (QED) is 0.430. The van der Waals surface area contributed by atoms with E-state index in [1.54, 1.807) is 12.1 Å². The van der Waals surface area contributed by atoms with Gasteiger partial charge < -0.3 is 9.64 Å². The maximum Gasteiger partial charge on any atom is 0.306 e. The van der Waals surface area contributed by atoms with Crippen LogP contribution in [0.25, 0.3) is 0 Å². The lowest BCUT2D eigenvalue weighted by molar-refractivity contribution is -0.140. The van der Waals surface area contributed by atoms with E-state index in [0.29, 0.717) is 25.1 Å². The number of carbonyl (C=O) groups excluding carboxylic acids is 1. The molecule has 2 aromatic rings. The van der Waals surface area contributed by atoms with Crippen molar-refractivity contribution >= 4 is 16.1 Å². The molecule has 0 N–H and O–H groups in total. The van der Waals surface area contributed by atoms with Gasteiger partial charge >= 0.3 is 5.97 Å². The standard InChI is InChI=1S/C21H26FNO5S/c1-16-4-10-19(11-5-16)29(25,26)28-20(17-6-8-18(22)9-7-17)12-14-23(2)15-13-21(24)27-3/h4-11,20H,12-15H2,1-3H3/t20-/m0/s1. The van der Waals surface area contributed by atoms with Gasteiger partial charge in [-0.05, 0) is 50.2 Å². The Morgan fingerprint density at radius 2 is 1.69 bits per heavy atom. The van der Waals surface area contributed by atoms with Gasteiger partial charge in [0.2, 0.25) is 0 Å². The van der Waals surface area contributed by atoms with Gasteiger partial charge in [-0.15, -0.1) is 0 Å². The first-order valence-electron chi connectivity index (χ1n) is 9.22. The molecule has 0 heterocycles. The van der Waals surface area contributed by atoms with E-state index in [4.69, 9.17) is 4.18 Å². The first-order chi connectivity index (χ1) is 13.7. The highest BCUT2D eigenvalue weighted by Crippen LogP contribution is 2.27. The summed E-state index contributed by atoms with van der Waals surface area (Å²) in [5.41, 5.74) is 1.50. The topological polar surface area (TPSA) is 72.9 Å². The molecule has 1 atom stereocenters. The van der Waals surface area contributed by atoms with Gasteiger partial charge in [0.15, 0.2) is 0 Å². The van der Waals surface area contributed by atoms with Crippen molar-refractivity contribution < 1.29 is 26.5 Å². The third kappa shape index (κ3) is 7.23. The lowest BCUT2D eigenvalue weighted by atomic mass is 10.1. The minimum atomic E-state index is -4.00. The Hall–Kier alpha value is -2.29. The maximum atomic E-state index is 13.3. The number of ether oxygens (including phenoxy) is 1. The number of benzene rings is 2. The van der Waals surface area contributed by atoms with Gasteiger partial charge in [0, 0.05) is 13.1 Å². The molecule has 0 fully saturated rings. The van der Waals surface area contributed by atoms with Crippen LogP contribution in [0.15, 0.2) is 53.4 Å². The van der Waals surface area contributed by atoms with Crippen LogP contribution < -0.4 is 0 Å². The molecule has 0 saturated heterocycles. The summed E-state index contributed by atoms with van der Waals surface area (Å²) < 4.78 is 48.9. The predicted octanol–water partition coefficient (Wildman–Crippen LogP) is 3.47. The summed E-state index contributed by atoms with van der Waals surface area (Å²) in [5.74, 6) is -0.728. The second kappa shape index (κ2) is 10.5. The average molecular weight is 424 g/mol. The molecule has 29 heavy (non-hydrogen) atoms. The Labute approximate surface area is 171 Å². The number of aryl methyl sites for hydroxylation is 1. The number of nitrogens with zero attached hydrogens (tertiary/aromatic N) is 1. The predicted molar refractivity (Wildman–Crippen MR) is 107 cm³/mol. The molecule has 0 aliphatic carbocycles. The summed E-state index contributed by atoms with van der Waals surface area (Å²) in [6.07, 6.45) is -0.215. The molecule has 6 nitrogen and oxygen atoms in total. The molecule has 0 saturated carbocycles. The van der Waals surface area contributed by atoms with Crippen LogP contribution in [0.1, 0.15) is 30.1 Å². The SMILES string of the molecule is COC(=O)CCN(C)CC[C@H](OS(=O)(=O)c1ccc(C)cc1)c1ccc(F)cc1. The summed E-state index contributed by atoms with van der Waals surface area (Å²) in [6, 6.07) is 12.0. The van der Waals surface area contributed by atoms with Gasteiger partial charge in [-0.25, -0.2) is 4.39 Å². The lowest BCUT2D eigenvalue weighted by Crippen LogP contribution is -2.25. The largest absolute Gasteiger partial charge is 0.469 e. The molecular formula is C21H26FNO5S. The summed E-state index contributed by atoms with van der Waals surface area (Å²) in [4.78, 5) is 13.2. The third-order valence-electron chi connectivity index (χ3n) is 4.49. The number of esters is 1. The van der Waals surface area contributed by atoms with Gasteiger partial charge in [0.25, 0.3) is 10.1 Å². The second-order valence-electron chi connectivity index (χ2n) is 6.82. The molecule has 0 aromatic heterocycles. The molecule has 2 aromatic carbocycles. The van der Waals surface area contributed by atoms with Crippen LogP contribution in [0, 0.1) is 12.7 Å². The van der Waals surface area contributed by atoms with Crippen molar-refractivity contribution in [3.63, 3.8) is 0 Å². The van der Waals surface area contributed by atoms with Crippen molar-refractivity contribution in [2.24, 2.45) is 0 Å². The zero-order valence-corrected chi connectivity index (χ0v) is 17.6. The average Bonchev–Trinajstić information content (AvgIpc) is 2.70. The number of carbonyl (C=O) groups is 1. The Morgan fingerprint density at radius 3 is 2.28 bits per heavy atom. The van der Waals surface area contributed by atoms with E-state index in [1.165, 1.54) is 43.5 Å². The molecule has 0 radical (unpaired) electrons.